The topological polar surface area (TPSA) is 72.2 Å². The van der Waals surface area contributed by atoms with Crippen LogP contribution in [0.3, 0.4) is 0 Å². The van der Waals surface area contributed by atoms with Crippen molar-refractivity contribution >= 4 is 17.4 Å². The smallest absolute Gasteiger partial charge is 0.277 e. The van der Waals surface area contributed by atoms with Gasteiger partial charge in [0.1, 0.15) is 5.82 Å². The number of nitrogens with zero attached hydrogens (tertiary/aromatic N) is 1. The van der Waals surface area contributed by atoms with Gasteiger partial charge in [-0.15, -0.1) is 0 Å². The second-order valence-electron chi connectivity index (χ2n) is 6.74. The van der Waals surface area contributed by atoms with Crippen LogP contribution in [0, 0.1) is 12.7 Å². The van der Waals surface area contributed by atoms with Gasteiger partial charge in [-0.25, -0.2) is 4.39 Å². The zero-order valence-electron chi connectivity index (χ0n) is 16.1. The van der Waals surface area contributed by atoms with E-state index in [1.54, 1.807) is 67.6 Å². The Kier molecular flexibility index (Phi) is 5.22. The molecule has 0 aliphatic rings. The SMILES string of the molecule is Cc1ccc(-c2cc(C(=O)Nc3ccccc3C(=O)c3ccccc3)no2)cc1F. The van der Waals surface area contributed by atoms with Crippen molar-refractivity contribution in [2.24, 2.45) is 0 Å². The monoisotopic (exact) mass is 400 g/mol. The Morgan fingerprint density at radius 1 is 0.933 bits per heavy atom. The van der Waals surface area contributed by atoms with Crippen LogP contribution < -0.4 is 5.32 Å². The summed E-state index contributed by atoms with van der Waals surface area (Å²) in [7, 11) is 0. The minimum absolute atomic E-state index is 0.0212. The van der Waals surface area contributed by atoms with Crippen molar-refractivity contribution in [3.05, 3.63) is 107 Å². The number of aryl methyl sites for hydroxylation is 1. The average Bonchev–Trinajstić information content (AvgIpc) is 3.27. The lowest BCUT2D eigenvalue weighted by Gasteiger charge is -2.09. The number of anilines is 1. The quantitative estimate of drug-likeness (QED) is 0.463. The lowest BCUT2D eigenvalue weighted by molar-refractivity contribution is 0.101. The van der Waals surface area contributed by atoms with Crippen molar-refractivity contribution in [3.63, 3.8) is 0 Å². The van der Waals surface area contributed by atoms with Gasteiger partial charge < -0.3 is 9.84 Å². The third-order valence-electron chi connectivity index (χ3n) is 4.66. The molecule has 0 atom stereocenters. The molecule has 0 aliphatic carbocycles. The van der Waals surface area contributed by atoms with Gasteiger partial charge in [0.15, 0.2) is 17.2 Å². The predicted octanol–water partition coefficient (Wildman–Crippen LogP) is 5.27. The van der Waals surface area contributed by atoms with Crippen molar-refractivity contribution in [2.75, 3.05) is 5.32 Å². The summed E-state index contributed by atoms with van der Waals surface area (Å²) in [5.74, 6) is -0.843. The predicted molar refractivity (Wildman–Crippen MR) is 111 cm³/mol. The molecular weight excluding hydrogens is 383 g/mol. The molecule has 0 fully saturated rings. The van der Waals surface area contributed by atoms with Gasteiger partial charge >= 0.3 is 0 Å². The third kappa shape index (κ3) is 3.89. The third-order valence-corrected chi connectivity index (χ3v) is 4.66. The number of para-hydroxylation sites is 1. The molecule has 4 rings (SSSR count). The Labute approximate surface area is 172 Å². The van der Waals surface area contributed by atoms with Crippen molar-refractivity contribution in [1.82, 2.24) is 5.16 Å². The molecule has 0 unspecified atom stereocenters. The van der Waals surface area contributed by atoms with Gasteiger partial charge in [0, 0.05) is 22.8 Å². The van der Waals surface area contributed by atoms with E-state index >= 15 is 0 Å². The van der Waals surface area contributed by atoms with Crippen LogP contribution in [-0.4, -0.2) is 16.8 Å². The number of hydrogen-bond donors (Lipinski definition) is 1. The summed E-state index contributed by atoms with van der Waals surface area (Å²) in [5.41, 5.74) is 2.25. The highest BCUT2D eigenvalue weighted by Gasteiger charge is 2.18. The fourth-order valence-electron chi connectivity index (χ4n) is 2.99. The molecule has 1 heterocycles. The van der Waals surface area contributed by atoms with E-state index in [4.69, 9.17) is 4.52 Å². The highest BCUT2D eigenvalue weighted by molar-refractivity contribution is 6.15. The lowest BCUT2D eigenvalue weighted by Crippen LogP contribution is -2.15. The molecule has 148 valence electrons. The molecule has 1 amide bonds. The Bertz CT molecular complexity index is 1230. The number of carbonyl (C=O) groups is 2. The zero-order valence-corrected chi connectivity index (χ0v) is 16.1. The number of rotatable bonds is 5. The van der Waals surface area contributed by atoms with Crippen LogP contribution in [-0.2, 0) is 0 Å². The zero-order chi connectivity index (χ0) is 21.1. The summed E-state index contributed by atoms with van der Waals surface area (Å²) in [5, 5.41) is 6.49. The van der Waals surface area contributed by atoms with E-state index in [1.807, 2.05) is 6.07 Å². The van der Waals surface area contributed by atoms with Gasteiger partial charge in [0.2, 0.25) is 0 Å². The first-order chi connectivity index (χ1) is 14.5. The molecule has 0 saturated carbocycles. The van der Waals surface area contributed by atoms with Crippen LogP contribution in [0.1, 0.15) is 32.0 Å². The van der Waals surface area contributed by atoms with E-state index in [0.29, 0.717) is 27.9 Å². The molecule has 4 aromatic rings. The van der Waals surface area contributed by atoms with Crippen LogP contribution in [0.5, 0.6) is 0 Å². The minimum atomic E-state index is -0.536. The number of halogens is 1. The highest BCUT2D eigenvalue weighted by Crippen LogP contribution is 2.24. The van der Waals surface area contributed by atoms with Gasteiger partial charge in [0.25, 0.3) is 5.91 Å². The number of benzene rings is 3. The first-order valence-corrected chi connectivity index (χ1v) is 9.26. The van der Waals surface area contributed by atoms with Gasteiger partial charge in [0.05, 0.1) is 5.69 Å². The molecule has 0 bridgehead atoms. The Morgan fingerprint density at radius 3 is 2.43 bits per heavy atom. The molecule has 6 heteroatoms. The summed E-state index contributed by atoms with van der Waals surface area (Å²) >= 11 is 0. The molecule has 0 radical (unpaired) electrons. The van der Waals surface area contributed by atoms with Crippen molar-refractivity contribution in [1.29, 1.82) is 0 Å². The van der Waals surface area contributed by atoms with E-state index in [2.05, 4.69) is 10.5 Å². The second-order valence-corrected chi connectivity index (χ2v) is 6.74. The molecule has 1 aromatic heterocycles. The normalized spacial score (nSPS) is 10.6. The summed E-state index contributed by atoms with van der Waals surface area (Å²) in [6.45, 7) is 1.66. The number of amides is 1. The van der Waals surface area contributed by atoms with Crippen molar-refractivity contribution in [2.45, 2.75) is 6.92 Å². The van der Waals surface area contributed by atoms with Crippen molar-refractivity contribution < 1.29 is 18.5 Å². The number of aromatic nitrogens is 1. The molecule has 0 spiro atoms. The highest BCUT2D eigenvalue weighted by atomic mass is 19.1. The first kappa shape index (κ1) is 19.3. The van der Waals surface area contributed by atoms with Crippen LogP contribution >= 0.6 is 0 Å². The van der Waals surface area contributed by atoms with Crippen LogP contribution in [0.15, 0.2) is 83.4 Å². The summed E-state index contributed by atoms with van der Waals surface area (Å²) < 4.78 is 19.0. The van der Waals surface area contributed by atoms with E-state index in [9.17, 15) is 14.0 Å². The number of carbonyl (C=O) groups excluding carboxylic acids is 2. The minimum Gasteiger partial charge on any atom is -0.355 e. The average molecular weight is 400 g/mol. The fraction of sp³-hybridized carbons (Fsp3) is 0.0417. The Morgan fingerprint density at radius 2 is 1.67 bits per heavy atom. The van der Waals surface area contributed by atoms with Crippen LogP contribution in [0.2, 0.25) is 0 Å². The summed E-state index contributed by atoms with van der Waals surface area (Å²) in [4.78, 5) is 25.5. The van der Waals surface area contributed by atoms with Gasteiger partial charge in [-0.05, 0) is 30.7 Å². The summed E-state index contributed by atoms with van der Waals surface area (Å²) in [6.07, 6.45) is 0. The number of hydrogen-bond acceptors (Lipinski definition) is 4. The maximum Gasteiger partial charge on any atom is 0.277 e. The Balaban J connectivity index is 1.57. The number of nitrogens with one attached hydrogen (secondary N) is 1. The van der Waals surface area contributed by atoms with Gasteiger partial charge in [-0.1, -0.05) is 59.8 Å². The van der Waals surface area contributed by atoms with Gasteiger partial charge in [-0.3, -0.25) is 9.59 Å². The van der Waals surface area contributed by atoms with E-state index in [-0.39, 0.29) is 23.1 Å². The number of ketones is 1. The molecule has 5 nitrogen and oxygen atoms in total. The first-order valence-electron chi connectivity index (χ1n) is 9.26. The maximum atomic E-state index is 13.8. The molecule has 1 N–H and O–H groups in total. The maximum absolute atomic E-state index is 13.8. The second kappa shape index (κ2) is 8.13. The van der Waals surface area contributed by atoms with E-state index in [0.717, 1.165) is 0 Å². The van der Waals surface area contributed by atoms with Gasteiger partial charge in [-0.2, -0.15) is 0 Å². The van der Waals surface area contributed by atoms with E-state index in [1.165, 1.54) is 12.1 Å². The summed E-state index contributed by atoms with van der Waals surface area (Å²) in [6, 6.07) is 21.6. The lowest BCUT2D eigenvalue weighted by atomic mass is 10.0. The van der Waals surface area contributed by atoms with Crippen LogP contribution in [0.25, 0.3) is 11.3 Å². The standard InChI is InChI=1S/C24H17FN2O3/c1-15-11-12-17(13-19(15)25)22-14-21(27-30-22)24(29)26-20-10-6-5-9-18(20)23(28)16-7-3-2-4-8-16/h2-14H,1H3,(H,26,29). The largest absolute Gasteiger partial charge is 0.355 e. The fourth-order valence-corrected chi connectivity index (χ4v) is 2.99. The van der Waals surface area contributed by atoms with Crippen LogP contribution in [0.4, 0.5) is 10.1 Å². The molecule has 0 aliphatic heterocycles. The van der Waals surface area contributed by atoms with E-state index < -0.39 is 5.91 Å². The molecule has 0 saturated heterocycles. The molecule has 3 aromatic carbocycles. The Hall–Kier alpha value is -4.06. The molecule has 30 heavy (non-hydrogen) atoms. The van der Waals surface area contributed by atoms with Crippen molar-refractivity contribution in [3.8, 4) is 11.3 Å². The molecular formula is C24H17FN2O3.